The van der Waals surface area contributed by atoms with Gasteiger partial charge in [-0.1, -0.05) is 0 Å². The third-order valence-corrected chi connectivity index (χ3v) is 4.41. The first-order valence-corrected chi connectivity index (χ1v) is 7.66. The van der Waals surface area contributed by atoms with Gasteiger partial charge in [0.15, 0.2) is 5.79 Å². The first-order valence-electron chi connectivity index (χ1n) is 7.66. The molecule has 0 radical (unpaired) electrons. The Morgan fingerprint density at radius 1 is 1.32 bits per heavy atom. The molecule has 6 heteroatoms. The zero-order chi connectivity index (χ0) is 15.6. The average molecular weight is 308 g/mol. The summed E-state index contributed by atoms with van der Waals surface area (Å²) in [6.07, 6.45) is 1.90. The lowest BCUT2D eigenvalue weighted by molar-refractivity contribution is -0.189. The van der Waals surface area contributed by atoms with E-state index in [9.17, 15) is 9.18 Å². The Bertz CT molecular complexity index is 529. The summed E-state index contributed by atoms with van der Waals surface area (Å²) in [5, 5.41) is 2.80. The van der Waals surface area contributed by atoms with Gasteiger partial charge in [0, 0.05) is 24.7 Å². The summed E-state index contributed by atoms with van der Waals surface area (Å²) in [5.74, 6) is -0.739. The molecule has 0 aliphatic carbocycles. The molecular formula is C16H21FN2O3. The van der Waals surface area contributed by atoms with Crippen LogP contribution in [0.25, 0.3) is 0 Å². The van der Waals surface area contributed by atoms with E-state index >= 15 is 0 Å². The summed E-state index contributed by atoms with van der Waals surface area (Å²) in [5.41, 5.74) is 0.591. The number of benzene rings is 1. The second-order valence-corrected chi connectivity index (χ2v) is 5.94. The molecule has 0 bridgehead atoms. The van der Waals surface area contributed by atoms with Crippen molar-refractivity contribution < 1.29 is 18.7 Å². The zero-order valence-corrected chi connectivity index (χ0v) is 12.7. The van der Waals surface area contributed by atoms with Crippen LogP contribution in [0.5, 0.6) is 0 Å². The molecule has 0 aromatic heterocycles. The molecule has 2 fully saturated rings. The van der Waals surface area contributed by atoms with Crippen LogP contribution in [0.15, 0.2) is 24.3 Å². The van der Waals surface area contributed by atoms with Crippen LogP contribution < -0.4 is 5.32 Å². The fourth-order valence-corrected chi connectivity index (χ4v) is 3.09. The monoisotopic (exact) mass is 308 g/mol. The van der Waals surface area contributed by atoms with E-state index in [2.05, 4.69) is 5.32 Å². The summed E-state index contributed by atoms with van der Waals surface area (Å²) in [7, 11) is 0. The van der Waals surface area contributed by atoms with Gasteiger partial charge < -0.3 is 19.7 Å². The predicted octanol–water partition coefficient (Wildman–Crippen LogP) is 2.83. The number of likely N-dealkylation sites (tertiary alicyclic amines) is 1. The van der Waals surface area contributed by atoms with Gasteiger partial charge in [-0.2, -0.15) is 0 Å². The van der Waals surface area contributed by atoms with Crippen LogP contribution in [0.2, 0.25) is 0 Å². The molecule has 0 saturated carbocycles. The van der Waals surface area contributed by atoms with E-state index < -0.39 is 5.79 Å². The Balaban J connectivity index is 1.61. The quantitative estimate of drug-likeness (QED) is 0.914. The second kappa shape index (κ2) is 6.22. The minimum absolute atomic E-state index is 0.169. The summed E-state index contributed by atoms with van der Waals surface area (Å²) in [6.45, 7) is 4.47. The number of hydrogen-bond donors (Lipinski definition) is 1. The predicted molar refractivity (Wildman–Crippen MR) is 80.0 cm³/mol. The van der Waals surface area contributed by atoms with Crippen LogP contribution in [0.4, 0.5) is 14.9 Å². The van der Waals surface area contributed by atoms with Gasteiger partial charge in [-0.25, -0.2) is 9.18 Å². The first kappa shape index (κ1) is 15.2. The van der Waals surface area contributed by atoms with Gasteiger partial charge in [0.25, 0.3) is 0 Å². The number of amides is 2. The molecule has 120 valence electrons. The van der Waals surface area contributed by atoms with Gasteiger partial charge in [0.05, 0.1) is 13.2 Å². The van der Waals surface area contributed by atoms with Crippen molar-refractivity contribution in [1.29, 1.82) is 0 Å². The molecule has 1 atom stereocenters. The van der Waals surface area contributed by atoms with E-state index in [4.69, 9.17) is 9.47 Å². The van der Waals surface area contributed by atoms with Gasteiger partial charge >= 0.3 is 6.03 Å². The first-order chi connectivity index (χ1) is 10.6. The maximum atomic E-state index is 12.9. The molecule has 2 aliphatic heterocycles. The van der Waals surface area contributed by atoms with Gasteiger partial charge in [0.1, 0.15) is 5.82 Å². The van der Waals surface area contributed by atoms with Crippen LogP contribution in [-0.4, -0.2) is 43.0 Å². The Morgan fingerprint density at radius 2 is 2.00 bits per heavy atom. The second-order valence-electron chi connectivity index (χ2n) is 5.94. The van der Waals surface area contributed by atoms with Gasteiger partial charge in [-0.05, 0) is 44.0 Å². The van der Waals surface area contributed by atoms with Crippen molar-refractivity contribution in [1.82, 2.24) is 4.90 Å². The molecule has 22 heavy (non-hydrogen) atoms. The molecule has 0 unspecified atom stereocenters. The molecule has 1 N–H and O–H groups in total. The Hall–Kier alpha value is -1.66. The molecular weight excluding hydrogens is 287 g/mol. The highest BCUT2D eigenvalue weighted by molar-refractivity contribution is 5.89. The smallest absolute Gasteiger partial charge is 0.321 e. The normalized spacial score (nSPS) is 24.3. The van der Waals surface area contributed by atoms with Crippen LogP contribution in [0.3, 0.4) is 0 Å². The Labute approximate surface area is 129 Å². The van der Waals surface area contributed by atoms with Crippen molar-refractivity contribution in [2.45, 2.75) is 25.6 Å². The standard InChI is InChI=1S/C16H21FN2O3/c1-16(21-9-10-22-16)12-3-2-8-19(11-12)15(20)18-14-6-4-13(17)5-7-14/h4-7,12H,2-3,8-11H2,1H3,(H,18,20)/t12-/m1/s1. The number of nitrogens with zero attached hydrogens (tertiary/aromatic N) is 1. The average Bonchev–Trinajstić information content (AvgIpc) is 2.98. The minimum atomic E-state index is -0.588. The fourth-order valence-electron chi connectivity index (χ4n) is 3.09. The van der Waals surface area contributed by atoms with E-state index in [1.807, 2.05) is 6.92 Å². The molecule has 2 aliphatic rings. The number of anilines is 1. The van der Waals surface area contributed by atoms with E-state index in [1.54, 1.807) is 17.0 Å². The molecule has 1 aromatic carbocycles. The number of ether oxygens (including phenoxy) is 2. The third-order valence-electron chi connectivity index (χ3n) is 4.41. The lowest BCUT2D eigenvalue weighted by Crippen LogP contribution is -2.49. The number of hydrogen-bond acceptors (Lipinski definition) is 3. The van der Waals surface area contributed by atoms with Crippen LogP contribution in [-0.2, 0) is 9.47 Å². The van der Waals surface area contributed by atoms with E-state index in [-0.39, 0.29) is 17.8 Å². The van der Waals surface area contributed by atoms with Crippen molar-refractivity contribution in [3.63, 3.8) is 0 Å². The number of piperidine rings is 1. The van der Waals surface area contributed by atoms with E-state index in [1.165, 1.54) is 12.1 Å². The van der Waals surface area contributed by atoms with Gasteiger partial charge in [0.2, 0.25) is 0 Å². The largest absolute Gasteiger partial charge is 0.347 e. The minimum Gasteiger partial charge on any atom is -0.347 e. The highest BCUT2D eigenvalue weighted by Gasteiger charge is 2.42. The summed E-state index contributed by atoms with van der Waals surface area (Å²) in [4.78, 5) is 14.1. The van der Waals surface area contributed by atoms with E-state index in [0.29, 0.717) is 32.0 Å². The Morgan fingerprint density at radius 3 is 2.68 bits per heavy atom. The lowest BCUT2D eigenvalue weighted by Gasteiger charge is -2.39. The van der Waals surface area contributed by atoms with Crippen molar-refractivity contribution in [2.24, 2.45) is 5.92 Å². The lowest BCUT2D eigenvalue weighted by atomic mass is 9.90. The topological polar surface area (TPSA) is 50.8 Å². The van der Waals surface area contributed by atoms with Crippen molar-refractivity contribution in [2.75, 3.05) is 31.6 Å². The third kappa shape index (κ3) is 3.23. The SMILES string of the molecule is CC1([C@@H]2CCCN(C(=O)Nc3ccc(F)cc3)C2)OCCO1. The van der Waals surface area contributed by atoms with Crippen molar-refractivity contribution in [3.05, 3.63) is 30.1 Å². The maximum Gasteiger partial charge on any atom is 0.321 e. The summed E-state index contributed by atoms with van der Waals surface area (Å²) in [6, 6.07) is 5.60. The molecule has 2 heterocycles. The molecule has 3 rings (SSSR count). The van der Waals surface area contributed by atoms with Crippen LogP contribution in [0.1, 0.15) is 19.8 Å². The molecule has 0 spiro atoms. The Kier molecular flexibility index (Phi) is 4.31. The number of carbonyl (C=O) groups excluding carboxylic acids is 1. The highest BCUT2D eigenvalue weighted by Crippen LogP contribution is 2.34. The number of halogens is 1. The zero-order valence-electron chi connectivity index (χ0n) is 12.7. The molecule has 2 saturated heterocycles. The number of carbonyl (C=O) groups is 1. The number of rotatable bonds is 2. The molecule has 2 amide bonds. The summed E-state index contributed by atoms with van der Waals surface area (Å²) < 4.78 is 24.3. The van der Waals surface area contributed by atoms with Crippen LogP contribution in [0, 0.1) is 11.7 Å². The van der Waals surface area contributed by atoms with Gasteiger partial charge in [-0.3, -0.25) is 0 Å². The highest BCUT2D eigenvalue weighted by atomic mass is 19.1. The summed E-state index contributed by atoms with van der Waals surface area (Å²) >= 11 is 0. The van der Waals surface area contributed by atoms with E-state index in [0.717, 1.165) is 12.8 Å². The van der Waals surface area contributed by atoms with Crippen LogP contribution >= 0.6 is 0 Å². The molecule has 1 aromatic rings. The van der Waals surface area contributed by atoms with Crippen molar-refractivity contribution >= 4 is 11.7 Å². The fraction of sp³-hybridized carbons (Fsp3) is 0.562. The molecule has 5 nitrogen and oxygen atoms in total. The number of nitrogens with one attached hydrogen (secondary N) is 1. The van der Waals surface area contributed by atoms with Gasteiger partial charge in [-0.15, -0.1) is 0 Å². The maximum absolute atomic E-state index is 12.9. The number of urea groups is 1. The van der Waals surface area contributed by atoms with Crippen molar-refractivity contribution in [3.8, 4) is 0 Å².